The van der Waals surface area contributed by atoms with Crippen LogP contribution in [0.25, 0.3) is 0 Å². The molecule has 1 amide bonds. The van der Waals surface area contributed by atoms with Gasteiger partial charge < -0.3 is 15.7 Å². The maximum Gasteiger partial charge on any atom is 0.255 e. The van der Waals surface area contributed by atoms with Crippen molar-refractivity contribution in [2.24, 2.45) is 0 Å². The second kappa shape index (κ2) is 8.65. The Morgan fingerprint density at radius 3 is 2.00 bits per heavy atom. The van der Waals surface area contributed by atoms with E-state index in [0.717, 1.165) is 15.7 Å². The lowest BCUT2D eigenvalue weighted by Gasteiger charge is -2.25. The van der Waals surface area contributed by atoms with Crippen molar-refractivity contribution < 1.29 is 9.90 Å². The van der Waals surface area contributed by atoms with E-state index in [1.54, 1.807) is 12.1 Å². The fraction of sp³-hybridized carbons (Fsp3) is 0.0952. The second-order valence-electron chi connectivity index (χ2n) is 5.84. The van der Waals surface area contributed by atoms with E-state index in [1.807, 2.05) is 72.8 Å². The molecule has 0 aromatic heterocycles. The molecule has 0 spiro atoms. The summed E-state index contributed by atoms with van der Waals surface area (Å²) in [6.07, 6.45) is -1.26. The van der Waals surface area contributed by atoms with Gasteiger partial charge in [0.05, 0.1) is 6.04 Å². The van der Waals surface area contributed by atoms with Gasteiger partial charge in [0, 0.05) is 15.8 Å². The van der Waals surface area contributed by atoms with Gasteiger partial charge >= 0.3 is 0 Å². The average molecular weight is 411 g/mol. The summed E-state index contributed by atoms with van der Waals surface area (Å²) >= 11 is 3.40. The third-order valence-electron chi connectivity index (χ3n) is 3.95. The smallest absolute Gasteiger partial charge is 0.255 e. The molecule has 0 saturated carbocycles. The van der Waals surface area contributed by atoms with Gasteiger partial charge in [-0.2, -0.15) is 0 Å². The molecule has 0 unspecified atom stereocenters. The van der Waals surface area contributed by atoms with Crippen molar-refractivity contribution in [1.29, 1.82) is 0 Å². The quantitative estimate of drug-likeness (QED) is 0.556. The van der Waals surface area contributed by atoms with Crippen LogP contribution in [0.5, 0.6) is 0 Å². The van der Waals surface area contributed by atoms with E-state index in [9.17, 15) is 9.90 Å². The molecule has 3 aromatic rings. The average Bonchev–Trinajstić information content (AvgIpc) is 2.68. The summed E-state index contributed by atoms with van der Waals surface area (Å²) in [5, 5.41) is 16.7. The van der Waals surface area contributed by atoms with Crippen LogP contribution in [0.4, 0.5) is 11.4 Å². The Bertz CT molecular complexity index is 839. The van der Waals surface area contributed by atoms with Gasteiger partial charge in [-0.3, -0.25) is 4.79 Å². The molecule has 2 atom stereocenters. The van der Waals surface area contributed by atoms with Crippen LogP contribution >= 0.6 is 15.9 Å². The van der Waals surface area contributed by atoms with Crippen LogP contribution in [0.15, 0.2) is 89.4 Å². The fourth-order valence-corrected chi connectivity index (χ4v) is 2.88. The lowest BCUT2D eigenvalue weighted by atomic mass is 10.00. The minimum Gasteiger partial charge on any atom is -0.381 e. The van der Waals surface area contributed by atoms with E-state index in [-0.39, 0.29) is 0 Å². The Hall–Kier alpha value is -2.63. The monoisotopic (exact) mass is 410 g/mol. The molecular formula is C21H19BrN2O2. The number of halogens is 1. The summed E-state index contributed by atoms with van der Waals surface area (Å²) in [5.41, 5.74) is 2.28. The molecule has 26 heavy (non-hydrogen) atoms. The highest BCUT2D eigenvalue weighted by Crippen LogP contribution is 2.25. The van der Waals surface area contributed by atoms with Gasteiger partial charge in [-0.05, 0) is 42.0 Å². The van der Waals surface area contributed by atoms with Crippen molar-refractivity contribution in [2.45, 2.75) is 12.1 Å². The number of carbonyl (C=O) groups is 1. The van der Waals surface area contributed by atoms with Crippen molar-refractivity contribution in [1.82, 2.24) is 0 Å². The van der Waals surface area contributed by atoms with Crippen molar-refractivity contribution in [3.05, 3.63) is 95.0 Å². The van der Waals surface area contributed by atoms with E-state index >= 15 is 0 Å². The molecule has 4 nitrogen and oxygen atoms in total. The normalized spacial score (nSPS) is 12.8. The third-order valence-corrected chi connectivity index (χ3v) is 4.48. The highest BCUT2D eigenvalue weighted by Gasteiger charge is 2.27. The second-order valence-corrected chi connectivity index (χ2v) is 6.76. The number of para-hydroxylation sites is 1. The zero-order valence-electron chi connectivity index (χ0n) is 14.0. The first kappa shape index (κ1) is 18.2. The molecule has 0 aliphatic carbocycles. The SMILES string of the molecule is O=C(Nc1ccccc1)[C@@H](O)[C@H](Nc1ccc(Br)cc1)c1ccccc1. The molecule has 0 heterocycles. The van der Waals surface area contributed by atoms with Gasteiger partial charge in [-0.25, -0.2) is 0 Å². The molecule has 5 heteroatoms. The molecule has 0 radical (unpaired) electrons. The molecule has 0 fully saturated rings. The van der Waals surface area contributed by atoms with Crippen LogP contribution in [0.1, 0.15) is 11.6 Å². The Labute approximate surface area is 161 Å². The summed E-state index contributed by atoms with van der Waals surface area (Å²) in [7, 11) is 0. The van der Waals surface area contributed by atoms with Gasteiger partial charge in [0.15, 0.2) is 6.10 Å². The number of carbonyl (C=O) groups excluding carboxylic acids is 1. The van der Waals surface area contributed by atoms with Crippen LogP contribution in [-0.4, -0.2) is 17.1 Å². The molecule has 0 saturated heterocycles. The summed E-state index contributed by atoms with van der Waals surface area (Å²) in [5.74, 6) is -0.463. The first-order valence-corrected chi connectivity index (χ1v) is 9.04. The largest absolute Gasteiger partial charge is 0.381 e. The van der Waals surface area contributed by atoms with Gasteiger partial charge in [-0.15, -0.1) is 0 Å². The molecule has 132 valence electrons. The molecule has 3 rings (SSSR count). The Kier molecular flexibility index (Phi) is 6.04. The summed E-state index contributed by atoms with van der Waals surface area (Å²) in [6, 6.07) is 25.5. The van der Waals surface area contributed by atoms with E-state index < -0.39 is 18.1 Å². The molecular weight excluding hydrogens is 392 g/mol. The number of nitrogens with one attached hydrogen (secondary N) is 2. The molecule has 0 aliphatic heterocycles. The van der Waals surface area contributed by atoms with Gasteiger partial charge in [0.1, 0.15) is 0 Å². The van der Waals surface area contributed by atoms with Crippen LogP contribution < -0.4 is 10.6 Å². The number of hydrogen-bond donors (Lipinski definition) is 3. The highest BCUT2D eigenvalue weighted by atomic mass is 79.9. The highest BCUT2D eigenvalue weighted by molar-refractivity contribution is 9.10. The van der Waals surface area contributed by atoms with Crippen molar-refractivity contribution in [3.8, 4) is 0 Å². The van der Waals surface area contributed by atoms with E-state index in [4.69, 9.17) is 0 Å². The number of aliphatic hydroxyl groups excluding tert-OH is 1. The van der Waals surface area contributed by atoms with E-state index in [1.165, 1.54) is 0 Å². The first-order valence-electron chi connectivity index (χ1n) is 8.24. The van der Waals surface area contributed by atoms with E-state index in [2.05, 4.69) is 26.6 Å². The zero-order chi connectivity index (χ0) is 18.4. The molecule has 3 N–H and O–H groups in total. The standard InChI is InChI=1S/C21H19BrN2O2/c22-16-11-13-18(14-12-16)23-19(15-7-3-1-4-8-15)20(25)21(26)24-17-9-5-2-6-10-17/h1-14,19-20,23,25H,(H,24,26)/t19-,20+/m1/s1. The van der Waals surface area contributed by atoms with Crippen LogP contribution in [-0.2, 0) is 4.79 Å². The number of anilines is 2. The summed E-state index contributed by atoms with van der Waals surface area (Å²) < 4.78 is 0.960. The fourth-order valence-electron chi connectivity index (χ4n) is 2.62. The lowest BCUT2D eigenvalue weighted by molar-refractivity contribution is -0.124. The minimum atomic E-state index is -1.26. The van der Waals surface area contributed by atoms with Gasteiger partial charge in [0.2, 0.25) is 0 Å². The van der Waals surface area contributed by atoms with E-state index in [0.29, 0.717) is 5.69 Å². The number of benzene rings is 3. The van der Waals surface area contributed by atoms with Crippen LogP contribution in [0.2, 0.25) is 0 Å². The first-order chi connectivity index (χ1) is 12.6. The van der Waals surface area contributed by atoms with Crippen molar-refractivity contribution in [3.63, 3.8) is 0 Å². The maximum absolute atomic E-state index is 12.6. The van der Waals surface area contributed by atoms with Gasteiger partial charge in [-0.1, -0.05) is 64.5 Å². The summed E-state index contributed by atoms with van der Waals surface area (Å²) in [6.45, 7) is 0. The number of amides is 1. The minimum absolute atomic E-state index is 0.463. The van der Waals surface area contributed by atoms with Crippen LogP contribution in [0.3, 0.4) is 0 Å². The number of rotatable bonds is 6. The molecule has 0 aliphatic rings. The Balaban J connectivity index is 1.82. The molecule has 3 aromatic carbocycles. The number of hydrogen-bond acceptors (Lipinski definition) is 3. The number of aliphatic hydroxyl groups is 1. The summed E-state index contributed by atoms with van der Waals surface area (Å²) in [4.78, 5) is 12.6. The Morgan fingerprint density at radius 2 is 1.38 bits per heavy atom. The topological polar surface area (TPSA) is 61.4 Å². The zero-order valence-corrected chi connectivity index (χ0v) is 15.6. The van der Waals surface area contributed by atoms with Crippen molar-refractivity contribution >= 4 is 33.2 Å². The van der Waals surface area contributed by atoms with Crippen molar-refractivity contribution in [2.75, 3.05) is 10.6 Å². The van der Waals surface area contributed by atoms with Gasteiger partial charge in [0.25, 0.3) is 5.91 Å². The predicted octanol–water partition coefficient (Wildman–Crippen LogP) is 4.60. The predicted molar refractivity (Wildman–Crippen MR) is 108 cm³/mol. The lowest BCUT2D eigenvalue weighted by Crippen LogP contribution is -2.36. The maximum atomic E-state index is 12.6. The van der Waals surface area contributed by atoms with Crippen LogP contribution in [0, 0.1) is 0 Å². The Morgan fingerprint density at radius 1 is 0.808 bits per heavy atom. The molecule has 0 bridgehead atoms. The third kappa shape index (κ3) is 4.71.